The lowest BCUT2D eigenvalue weighted by Gasteiger charge is -2.49. The fourth-order valence-electron chi connectivity index (χ4n) is 9.42. The van der Waals surface area contributed by atoms with Crippen LogP contribution in [0.1, 0.15) is 131 Å². The lowest BCUT2D eigenvalue weighted by molar-refractivity contribution is -0.310. The van der Waals surface area contributed by atoms with E-state index in [2.05, 4.69) is 44.5 Å². The number of aliphatic hydroxyl groups is 6. The SMILES string of the molecule is CC(C)(C)OC(=O)NCC1OC(OC2C(O)C(OC3C(O)C(NC(=O)OC(C)(C)C)CC(NC(=O)OC(C)(C)C)[C@H]3OC3OC(CNC(=O)OC(C)(C)C)C(O)C(O)C3NC(=O)OC(C)(C)C)O[C@@H]2CSCCOCCS)C(NC(=O)OC(C)(C)C)C(O)C1O. The van der Waals surface area contributed by atoms with Crippen molar-refractivity contribution in [3.63, 3.8) is 0 Å². The summed E-state index contributed by atoms with van der Waals surface area (Å²) in [5, 5.41) is 87.3. The molecule has 19 atom stereocenters. The Hall–Kier alpha value is -4.20. The van der Waals surface area contributed by atoms with E-state index >= 15 is 0 Å². The molecule has 4 aliphatic rings. The van der Waals surface area contributed by atoms with Crippen molar-refractivity contribution in [3.8, 4) is 0 Å². The van der Waals surface area contributed by atoms with Gasteiger partial charge in [-0.2, -0.15) is 24.4 Å². The van der Waals surface area contributed by atoms with Gasteiger partial charge in [-0.1, -0.05) is 0 Å². The molecule has 3 aliphatic heterocycles. The summed E-state index contributed by atoms with van der Waals surface area (Å²) in [7, 11) is 0. The Bertz CT molecular complexity index is 2320. The second-order valence-electron chi connectivity index (χ2n) is 28.1. The molecular formula is C57H102N6O25S2. The molecule has 12 N–H and O–H groups in total. The summed E-state index contributed by atoms with van der Waals surface area (Å²) in [5.41, 5.74) is -6.24. The summed E-state index contributed by atoms with van der Waals surface area (Å²) >= 11 is 5.48. The first-order chi connectivity index (χ1) is 41.2. The third-order valence-electron chi connectivity index (χ3n) is 12.9. The monoisotopic (exact) mass is 1330 g/mol. The lowest BCUT2D eigenvalue weighted by atomic mass is 9.83. The number of ether oxygens (including phenoxy) is 13. The Morgan fingerprint density at radius 3 is 1.18 bits per heavy atom. The van der Waals surface area contributed by atoms with E-state index in [1.54, 1.807) is 125 Å². The number of aliphatic hydroxyl groups excluding tert-OH is 6. The molecule has 6 amide bonds. The van der Waals surface area contributed by atoms with Crippen molar-refractivity contribution >= 4 is 61.0 Å². The highest BCUT2D eigenvalue weighted by atomic mass is 32.2. The molecule has 4 fully saturated rings. The van der Waals surface area contributed by atoms with Gasteiger partial charge in [-0.25, -0.2) is 28.8 Å². The molecule has 17 unspecified atom stereocenters. The normalized spacial score (nSPS) is 31.9. The number of amides is 6. The number of carbonyl (C=O) groups excluding carboxylic acids is 6. The van der Waals surface area contributed by atoms with E-state index in [0.717, 1.165) is 0 Å². The minimum Gasteiger partial charge on any atom is -0.444 e. The van der Waals surface area contributed by atoms with Crippen LogP contribution in [0.3, 0.4) is 0 Å². The van der Waals surface area contributed by atoms with Crippen LogP contribution in [0.4, 0.5) is 28.8 Å². The molecular weight excluding hydrogens is 1230 g/mol. The fourth-order valence-corrected chi connectivity index (χ4v) is 10.5. The largest absolute Gasteiger partial charge is 0.444 e. The first kappa shape index (κ1) is 78.2. The first-order valence-corrected chi connectivity index (χ1v) is 31.7. The number of alkyl carbamates (subject to hydrolysis) is 6. The Labute approximate surface area is 536 Å². The van der Waals surface area contributed by atoms with Crippen LogP contribution >= 0.6 is 24.4 Å². The minimum absolute atomic E-state index is 0.0107. The molecule has 0 aromatic heterocycles. The molecule has 31 nitrogen and oxygen atoms in total. The van der Waals surface area contributed by atoms with Crippen LogP contribution in [0.5, 0.6) is 0 Å². The zero-order chi connectivity index (χ0) is 68.2. The summed E-state index contributed by atoms with van der Waals surface area (Å²) in [6.07, 6.45) is -33.1. The highest BCUT2D eigenvalue weighted by Crippen LogP contribution is 2.37. The standard InChI is InChI=1S/C57H102N6O25S2/c1-52(2,3)83-46(70)58-24-29-35(65)37(67)32(62-50(74)87-56(13,14)15)43(77-29)80-40-28(61-49(73)86-55(10,11)12)23-27(60-48(72)85-54(7,8)9)34(64)42(40)82-45-39(69)41(31(79-45)26-90-22-20-76-19-21-89)81-44-33(63-51(75)88-57(16,17)18)38(68)36(66)30(78-44)25-59-47(71)84-53(4,5)6/h27-45,64-69,89H,19-26H2,1-18H3,(H,58,70)(H,59,71)(H,60,72)(H,61,73)(H,62,74)(H,63,75)/t27?,28?,29?,30?,31-,32?,33?,34?,35?,36?,37?,38?,39?,40-,41?,42?,43?,44?,45?/m1/s1. The Balaban J connectivity index is 1.91. The van der Waals surface area contributed by atoms with Gasteiger partial charge in [0, 0.05) is 30.3 Å². The number of rotatable bonds is 21. The van der Waals surface area contributed by atoms with Crippen molar-refractivity contribution in [1.29, 1.82) is 0 Å². The van der Waals surface area contributed by atoms with Crippen molar-refractivity contribution < 1.29 is 121 Å². The van der Waals surface area contributed by atoms with Crippen LogP contribution in [0, 0.1) is 0 Å². The van der Waals surface area contributed by atoms with E-state index in [1.165, 1.54) is 11.8 Å². The van der Waals surface area contributed by atoms with Gasteiger partial charge in [-0.3, -0.25) is 0 Å². The van der Waals surface area contributed by atoms with Gasteiger partial charge in [-0.15, -0.1) is 0 Å². The van der Waals surface area contributed by atoms with Gasteiger partial charge in [0.15, 0.2) is 18.9 Å². The maximum absolute atomic E-state index is 14.0. The van der Waals surface area contributed by atoms with Crippen molar-refractivity contribution in [2.75, 3.05) is 43.6 Å². The minimum atomic E-state index is -1.98. The van der Waals surface area contributed by atoms with Crippen molar-refractivity contribution in [2.24, 2.45) is 0 Å². The second kappa shape index (κ2) is 32.8. The Morgan fingerprint density at radius 2 is 0.778 bits per heavy atom. The van der Waals surface area contributed by atoms with Crippen LogP contribution in [0.2, 0.25) is 0 Å². The van der Waals surface area contributed by atoms with Crippen LogP contribution in [0.15, 0.2) is 0 Å². The average Bonchev–Trinajstić information content (AvgIpc) is 1.22. The highest BCUT2D eigenvalue weighted by Gasteiger charge is 2.57. The smallest absolute Gasteiger partial charge is 0.408 e. The number of carbonyl (C=O) groups is 6. The first-order valence-electron chi connectivity index (χ1n) is 29.9. The van der Waals surface area contributed by atoms with E-state index in [4.69, 9.17) is 61.6 Å². The molecule has 1 aliphatic carbocycles. The van der Waals surface area contributed by atoms with Crippen molar-refractivity contribution in [1.82, 2.24) is 31.9 Å². The Kier molecular flexibility index (Phi) is 28.5. The Morgan fingerprint density at radius 1 is 0.422 bits per heavy atom. The third-order valence-corrected chi connectivity index (χ3v) is 14.1. The van der Waals surface area contributed by atoms with Gasteiger partial charge in [0.2, 0.25) is 0 Å². The van der Waals surface area contributed by atoms with Crippen LogP contribution in [0.25, 0.3) is 0 Å². The summed E-state index contributed by atoms with van der Waals surface area (Å²) in [6.45, 7) is 28.3. The zero-order valence-electron chi connectivity index (χ0n) is 54.9. The molecule has 3 saturated heterocycles. The van der Waals surface area contributed by atoms with Gasteiger partial charge in [-0.05, 0) is 131 Å². The van der Waals surface area contributed by atoms with E-state index in [1.807, 2.05) is 0 Å². The lowest BCUT2D eigenvalue weighted by Crippen LogP contribution is -2.70. The maximum Gasteiger partial charge on any atom is 0.408 e. The van der Waals surface area contributed by atoms with Gasteiger partial charge < -0.3 is 124 Å². The second-order valence-corrected chi connectivity index (χ2v) is 29.7. The number of thioether (sulfide) groups is 1. The fraction of sp³-hybridized carbons (Fsp3) is 0.895. The van der Waals surface area contributed by atoms with Crippen molar-refractivity contribution in [3.05, 3.63) is 0 Å². The molecule has 33 heteroatoms. The molecule has 0 aromatic rings. The summed E-state index contributed by atoms with van der Waals surface area (Å²) in [6, 6.07) is -6.29. The van der Waals surface area contributed by atoms with E-state index in [-0.39, 0.29) is 12.4 Å². The molecule has 90 heavy (non-hydrogen) atoms. The van der Waals surface area contributed by atoms with E-state index < -0.39 is 206 Å². The van der Waals surface area contributed by atoms with Crippen molar-refractivity contribution in [2.45, 2.75) is 281 Å². The molecule has 0 spiro atoms. The molecule has 0 bridgehead atoms. The van der Waals surface area contributed by atoms with Gasteiger partial charge in [0.05, 0.1) is 31.4 Å². The average molecular weight is 1340 g/mol. The van der Waals surface area contributed by atoms with Gasteiger partial charge in [0.1, 0.15) is 113 Å². The number of thiol groups is 1. The van der Waals surface area contributed by atoms with Gasteiger partial charge in [0.25, 0.3) is 0 Å². The van der Waals surface area contributed by atoms with Crippen LogP contribution in [-0.4, -0.2) is 261 Å². The summed E-state index contributed by atoms with van der Waals surface area (Å²) in [4.78, 5) is 80.4. The maximum atomic E-state index is 14.0. The molecule has 522 valence electrons. The molecule has 0 radical (unpaired) electrons. The van der Waals surface area contributed by atoms with Crippen LogP contribution < -0.4 is 31.9 Å². The summed E-state index contributed by atoms with van der Waals surface area (Å²) < 4.78 is 77.6. The van der Waals surface area contributed by atoms with E-state index in [0.29, 0.717) is 18.1 Å². The quantitative estimate of drug-likeness (QED) is 0.0445. The number of hydrogen-bond donors (Lipinski definition) is 13. The number of nitrogens with one attached hydrogen (secondary N) is 6. The van der Waals surface area contributed by atoms with Gasteiger partial charge >= 0.3 is 36.6 Å². The van der Waals surface area contributed by atoms with E-state index in [9.17, 15) is 59.4 Å². The predicted octanol–water partition coefficient (Wildman–Crippen LogP) is 2.19. The molecule has 3 heterocycles. The highest BCUT2D eigenvalue weighted by molar-refractivity contribution is 7.99. The zero-order valence-corrected chi connectivity index (χ0v) is 56.6. The van der Waals surface area contributed by atoms with Crippen LogP contribution in [-0.2, 0) is 61.6 Å². The topological polar surface area (TPSA) is 416 Å². The molecule has 4 rings (SSSR count). The molecule has 1 saturated carbocycles. The third kappa shape index (κ3) is 26.3. The number of hydrogen-bond acceptors (Lipinski definition) is 27. The molecule has 0 aromatic carbocycles. The summed E-state index contributed by atoms with van der Waals surface area (Å²) in [5.74, 6) is 0.785. The predicted molar refractivity (Wildman–Crippen MR) is 324 cm³/mol.